The van der Waals surface area contributed by atoms with Crippen LogP contribution >= 0.6 is 0 Å². The van der Waals surface area contributed by atoms with Crippen molar-refractivity contribution in [3.8, 4) is 22.4 Å². The van der Waals surface area contributed by atoms with E-state index in [4.69, 9.17) is 4.84 Å². The van der Waals surface area contributed by atoms with E-state index in [1.807, 2.05) is 60.7 Å². The number of aromatic nitrogens is 2. The molecule has 0 aliphatic heterocycles. The smallest absolute Gasteiger partial charge is 0.268 e. The number of nitrogens with one attached hydrogen (secondary N) is 1. The van der Waals surface area contributed by atoms with Crippen LogP contribution in [0.5, 0.6) is 0 Å². The zero-order valence-electron chi connectivity index (χ0n) is 16.3. The minimum absolute atomic E-state index is 0.0126. The Morgan fingerprint density at radius 2 is 1.59 bits per heavy atom. The summed E-state index contributed by atoms with van der Waals surface area (Å²) in [4.78, 5) is 31.9. The Bertz CT molecular complexity index is 1040. The van der Waals surface area contributed by atoms with Crippen molar-refractivity contribution in [3.63, 3.8) is 0 Å². The van der Waals surface area contributed by atoms with Crippen molar-refractivity contribution in [2.75, 3.05) is 7.05 Å². The Morgan fingerprint density at radius 1 is 1.00 bits per heavy atom. The number of hydrogen-bond donors (Lipinski definition) is 1. The first-order chi connectivity index (χ1) is 14.1. The molecule has 4 rings (SSSR count). The van der Waals surface area contributed by atoms with Crippen molar-refractivity contribution in [2.45, 2.75) is 31.8 Å². The third kappa shape index (κ3) is 3.98. The lowest BCUT2D eigenvalue weighted by Gasteiger charge is -2.22. The summed E-state index contributed by atoms with van der Waals surface area (Å²) >= 11 is 0. The number of aromatic amines is 1. The molecular formula is C23H23N3O3. The summed E-state index contributed by atoms with van der Waals surface area (Å²) < 4.78 is 0. The summed E-state index contributed by atoms with van der Waals surface area (Å²) in [6.07, 6.45) is 4.04. The Morgan fingerprint density at radius 3 is 2.21 bits per heavy atom. The van der Waals surface area contributed by atoms with Crippen LogP contribution in [0.25, 0.3) is 22.4 Å². The predicted molar refractivity (Wildman–Crippen MR) is 111 cm³/mol. The highest BCUT2D eigenvalue weighted by Gasteiger charge is 2.28. The largest absolute Gasteiger partial charge is 0.283 e. The quantitative estimate of drug-likeness (QED) is 0.668. The predicted octanol–water partition coefficient (Wildman–Crippen LogP) is 4.05. The van der Waals surface area contributed by atoms with E-state index in [0.29, 0.717) is 11.3 Å². The van der Waals surface area contributed by atoms with Gasteiger partial charge in [-0.3, -0.25) is 14.4 Å². The number of carbonyl (C=O) groups excluding carboxylic acids is 1. The summed E-state index contributed by atoms with van der Waals surface area (Å²) in [5.74, 6) is -0.475. The summed E-state index contributed by atoms with van der Waals surface area (Å²) in [7, 11) is 1.57. The number of hydrogen-bond acceptors (Lipinski definition) is 4. The van der Waals surface area contributed by atoms with E-state index in [1.54, 1.807) is 7.05 Å². The van der Waals surface area contributed by atoms with Crippen molar-refractivity contribution in [1.29, 1.82) is 0 Å². The third-order valence-electron chi connectivity index (χ3n) is 5.20. The zero-order chi connectivity index (χ0) is 20.2. The highest BCUT2D eigenvalue weighted by atomic mass is 16.7. The van der Waals surface area contributed by atoms with E-state index >= 15 is 0 Å². The first-order valence-electron chi connectivity index (χ1n) is 9.83. The molecule has 1 saturated carbocycles. The van der Waals surface area contributed by atoms with Crippen LogP contribution in [0, 0.1) is 0 Å². The van der Waals surface area contributed by atoms with E-state index in [2.05, 4.69) is 10.2 Å². The van der Waals surface area contributed by atoms with Gasteiger partial charge in [-0.1, -0.05) is 73.5 Å². The van der Waals surface area contributed by atoms with Gasteiger partial charge in [-0.05, 0) is 18.4 Å². The number of amides is 1. The highest BCUT2D eigenvalue weighted by molar-refractivity contribution is 6.03. The molecule has 1 amide bonds. The van der Waals surface area contributed by atoms with E-state index < -0.39 is 11.5 Å². The van der Waals surface area contributed by atoms with Gasteiger partial charge in [0.25, 0.3) is 11.5 Å². The molecule has 0 saturated heterocycles. The first-order valence-corrected chi connectivity index (χ1v) is 9.83. The number of hydroxylamine groups is 2. The molecule has 0 bridgehead atoms. The molecule has 0 atom stereocenters. The second kappa shape index (κ2) is 8.41. The molecule has 29 heavy (non-hydrogen) atoms. The van der Waals surface area contributed by atoms with E-state index in [9.17, 15) is 9.59 Å². The summed E-state index contributed by atoms with van der Waals surface area (Å²) in [6, 6.07) is 18.9. The van der Waals surface area contributed by atoms with Gasteiger partial charge in [-0.15, -0.1) is 0 Å². The van der Waals surface area contributed by atoms with Gasteiger partial charge in [0, 0.05) is 18.2 Å². The molecule has 2 aromatic carbocycles. The van der Waals surface area contributed by atoms with Gasteiger partial charge in [-0.25, -0.2) is 10.2 Å². The summed E-state index contributed by atoms with van der Waals surface area (Å²) in [5.41, 5.74) is 2.13. The molecule has 0 radical (unpaired) electrons. The standard InChI is InChI=1S/C23H23N3O3/c1-26(29-18-14-8-9-15-18)23(28)20-19(16-10-4-2-5-11-16)21(24-25-22(20)27)17-12-6-3-7-13-17/h2-7,10-13,18H,8-9,14-15H2,1H3,(H,25,27). The molecule has 1 heterocycles. The van der Waals surface area contributed by atoms with E-state index in [-0.39, 0.29) is 11.7 Å². The van der Waals surface area contributed by atoms with Gasteiger partial charge in [0.15, 0.2) is 0 Å². The average molecular weight is 389 g/mol. The normalized spacial score (nSPS) is 14.1. The Kier molecular flexibility index (Phi) is 5.53. The monoisotopic (exact) mass is 389 g/mol. The molecule has 6 nitrogen and oxygen atoms in total. The van der Waals surface area contributed by atoms with Crippen molar-refractivity contribution >= 4 is 5.91 Å². The Labute approximate surface area is 169 Å². The zero-order valence-corrected chi connectivity index (χ0v) is 16.3. The van der Waals surface area contributed by atoms with Crippen LogP contribution in [-0.2, 0) is 4.84 Å². The minimum atomic E-state index is -0.532. The SMILES string of the molecule is CN(OC1CCCC1)C(=O)c1c(-c2ccccc2)c(-c2ccccc2)n[nH]c1=O. The molecule has 1 N–H and O–H groups in total. The van der Waals surface area contributed by atoms with Crippen LogP contribution in [0.2, 0.25) is 0 Å². The van der Waals surface area contributed by atoms with Gasteiger partial charge in [0.1, 0.15) is 5.56 Å². The number of benzene rings is 2. The highest BCUT2D eigenvalue weighted by Crippen LogP contribution is 2.32. The Balaban J connectivity index is 1.84. The van der Waals surface area contributed by atoms with Gasteiger partial charge in [0.2, 0.25) is 0 Å². The molecule has 0 spiro atoms. The fourth-order valence-corrected chi connectivity index (χ4v) is 3.77. The van der Waals surface area contributed by atoms with Gasteiger partial charge >= 0.3 is 0 Å². The van der Waals surface area contributed by atoms with E-state index in [0.717, 1.165) is 36.8 Å². The Hall–Kier alpha value is -3.25. The van der Waals surface area contributed by atoms with Crippen LogP contribution < -0.4 is 5.56 Å². The van der Waals surface area contributed by atoms with Crippen LogP contribution in [0.15, 0.2) is 65.5 Å². The van der Waals surface area contributed by atoms with Gasteiger partial charge < -0.3 is 0 Å². The van der Waals surface area contributed by atoms with Crippen molar-refractivity contribution in [1.82, 2.24) is 15.3 Å². The van der Waals surface area contributed by atoms with Gasteiger partial charge in [0.05, 0.1) is 11.8 Å². The van der Waals surface area contributed by atoms with Crippen LogP contribution in [0.4, 0.5) is 0 Å². The maximum absolute atomic E-state index is 13.3. The lowest BCUT2D eigenvalue weighted by atomic mass is 9.95. The molecule has 1 fully saturated rings. The summed E-state index contributed by atoms with van der Waals surface area (Å²) in [5, 5.41) is 7.98. The van der Waals surface area contributed by atoms with Crippen LogP contribution in [0.3, 0.4) is 0 Å². The second-order valence-corrected chi connectivity index (χ2v) is 7.20. The maximum Gasteiger partial charge on any atom is 0.283 e. The lowest BCUT2D eigenvalue weighted by molar-refractivity contribution is -0.145. The van der Waals surface area contributed by atoms with E-state index in [1.165, 1.54) is 5.06 Å². The number of H-pyrrole nitrogens is 1. The fourth-order valence-electron chi connectivity index (χ4n) is 3.77. The molecule has 1 aliphatic carbocycles. The number of rotatable bonds is 5. The number of nitrogens with zero attached hydrogens (tertiary/aromatic N) is 2. The topological polar surface area (TPSA) is 75.3 Å². The van der Waals surface area contributed by atoms with Crippen molar-refractivity contribution in [3.05, 3.63) is 76.6 Å². The van der Waals surface area contributed by atoms with Crippen LogP contribution in [-0.4, -0.2) is 34.3 Å². The molecule has 0 unspecified atom stereocenters. The molecular weight excluding hydrogens is 366 g/mol. The van der Waals surface area contributed by atoms with Crippen molar-refractivity contribution < 1.29 is 9.63 Å². The molecule has 1 aromatic heterocycles. The molecule has 3 aromatic rings. The lowest BCUT2D eigenvalue weighted by Crippen LogP contribution is -2.35. The molecule has 1 aliphatic rings. The van der Waals surface area contributed by atoms with Crippen molar-refractivity contribution in [2.24, 2.45) is 0 Å². The molecule has 148 valence electrons. The fraction of sp³-hybridized carbons (Fsp3) is 0.261. The molecule has 6 heteroatoms. The average Bonchev–Trinajstić information content (AvgIpc) is 3.27. The summed E-state index contributed by atoms with van der Waals surface area (Å²) in [6.45, 7) is 0. The number of carbonyl (C=O) groups is 1. The maximum atomic E-state index is 13.3. The van der Waals surface area contributed by atoms with Crippen LogP contribution in [0.1, 0.15) is 36.0 Å². The minimum Gasteiger partial charge on any atom is -0.268 e. The van der Waals surface area contributed by atoms with Gasteiger partial charge in [-0.2, -0.15) is 5.10 Å². The first kappa shape index (κ1) is 19.1. The third-order valence-corrected chi connectivity index (χ3v) is 5.20. The second-order valence-electron chi connectivity index (χ2n) is 7.20.